The first-order chi connectivity index (χ1) is 13.2. The number of nitrogens with one attached hydrogen (secondary N) is 2. The van der Waals surface area contributed by atoms with Crippen molar-refractivity contribution in [2.45, 2.75) is 25.7 Å². The first-order valence-corrected chi connectivity index (χ1v) is 9.00. The highest BCUT2D eigenvalue weighted by Crippen LogP contribution is 2.31. The molecular formula is C19H21N7O. The number of aromatic amines is 1. The van der Waals surface area contributed by atoms with Gasteiger partial charge in [0.1, 0.15) is 11.5 Å². The van der Waals surface area contributed by atoms with E-state index in [1.54, 1.807) is 30.9 Å². The Morgan fingerprint density at radius 1 is 1.15 bits per heavy atom. The van der Waals surface area contributed by atoms with E-state index in [-0.39, 0.29) is 11.8 Å². The van der Waals surface area contributed by atoms with Gasteiger partial charge in [-0.25, -0.2) is 9.97 Å². The Labute approximate surface area is 157 Å². The number of aryl methyl sites for hydroxylation is 1. The van der Waals surface area contributed by atoms with Gasteiger partial charge in [-0.1, -0.05) is 6.07 Å². The number of nitrogens with zero attached hydrogens (tertiary/aromatic N) is 5. The predicted molar refractivity (Wildman–Crippen MR) is 101 cm³/mol. The van der Waals surface area contributed by atoms with Crippen LogP contribution in [0.3, 0.4) is 0 Å². The molecule has 4 rings (SSSR count). The standard InChI is InChI=1S/C19H21N7O/c1-13-4-2-7-21-17(13)24-18-16(20-9-10-22-18)14-5-3-11-26(12-14)19(27)15-6-8-23-25-15/h2,4,6-10,14H,3,5,11-12H2,1H3,(H,23,25)(H,21,22,24). The van der Waals surface area contributed by atoms with Crippen LogP contribution in [-0.2, 0) is 0 Å². The van der Waals surface area contributed by atoms with Gasteiger partial charge in [-0.3, -0.25) is 14.9 Å². The number of hydrogen-bond donors (Lipinski definition) is 2. The van der Waals surface area contributed by atoms with E-state index in [1.165, 1.54) is 0 Å². The van der Waals surface area contributed by atoms with Crippen molar-refractivity contribution in [3.63, 3.8) is 0 Å². The van der Waals surface area contributed by atoms with Gasteiger partial charge >= 0.3 is 0 Å². The molecule has 0 radical (unpaired) electrons. The lowest BCUT2D eigenvalue weighted by atomic mass is 9.94. The number of carbonyl (C=O) groups excluding carboxylic acids is 1. The van der Waals surface area contributed by atoms with Gasteiger partial charge in [-0.05, 0) is 37.5 Å². The zero-order valence-corrected chi connectivity index (χ0v) is 15.1. The molecule has 1 fully saturated rings. The van der Waals surface area contributed by atoms with Crippen LogP contribution in [0.5, 0.6) is 0 Å². The summed E-state index contributed by atoms with van der Waals surface area (Å²) in [6, 6.07) is 5.60. The van der Waals surface area contributed by atoms with Gasteiger partial charge in [0.25, 0.3) is 5.91 Å². The maximum absolute atomic E-state index is 12.7. The topological polar surface area (TPSA) is 99.7 Å². The molecular weight excluding hydrogens is 342 g/mol. The van der Waals surface area contributed by atoms with E-state index >= 15 is 0 Å². The van der Waals surface area contributed by atoms with Crippen molar-refractivity contribution >= 4 is 17.5 Å². The molecule has 27 heavy (non-hydrogen) atoms. The molecule has 1 unspecified atom stereocenters. The van der Waals surface area contributed by atoms with Crippen LogP contribution in [0, 0.1) is 6.92 Å². The second-order valence-electron chi connectivity index (χ2n) is 6.64. The van der Waals surface area contributed by atoms with E-state index in [0.29, 0.717) is 18.1 Å². The fourth-order valence-electron chi connectivity index (χ4n) is 3.40. The van der Waals surface area contributed by atoms with E-state index in [0.717, 1.165) is 36.5 Å². The molecule has 1 amide bonds. The Bertz CT molecular complexity index is 925. The van der Waals surface area contributed by atoms with Gasteiger partial charge in [0, 0.05) is 43.8 Å². The second-order valence-corrected chi connectivity index (χ2v) is 6.64. The molecule has 138 valence electrons. The predicted octanol–water partition coefficient (Wildman–Crippen LogP) is 2.67. The van der Waals surface area contributed by atoms with Crippen LogP contribution in [0.1, 0.15) is 40.5 Å². The minimum Gasteiger partial charge on any atom is -0.337 e. The molecule has 0 spiro atoms. The highest BCUT2D eigenvalue weighted by molar-refractivity contribution is 5.92. The van der Waals surface area contributed by atoms with Crippen LogP contribution in [0.25, 0.3) is 0 Å². The number of hydrogen-bond acceptors (Lipinski definition) is 6. The fraction of sp³-hybridized carbons (Fsp3) is 0.316. The SMILES string of the molecule is Cc1cccnc1Nc1nccnc1C1CCCN(C(=O)c2ccn[nH]2)C1. The Morgan fingerprint density at radius 2 is 2.00 bits per heavy atom. The lowest BCUT2D eigenvalue weighted by Gasteiger charge is -2.32. The van der Waals surface area contributed by atoms with Gasteiger partial charge in [0.15, 0.2) is 5.82 Å². The summed E-state index contributed by atoms with van der Waals surface area (Å²) < 4.78 is 0. The van der Waals surface area contributed by atoms with Crippen LogP contribution in [0.2, 0.25) is 0 Å². The van der Waals surface area contributed by atoms with E-state index < -0.39 is 0 Å². The van der Waals surface area contributed by atoms with E-state index in [2.05, 4.69) is 30.5 Å². The molecule has 1 atom stereocenters. The molecule has 2 N–H and O–H groups in total. The highest BCUT2D eigenvalue weighted by Gasteiger charge is 2.28. The zero-order valence-electron chi connectivity index (χ0n) is 15.1. The number of pyridine rings is 1. The average Bonchev–Trinajstić information content (AvgIpc) is 3.24. The summed E-state index contributed by atoms with van der Waals surface area (Å²) in [5.41, 5.74) is 2.41. The maximum atomic E-state index is 12.7. The summed E-state index contributed by atoms with van der Waals surface area (Å²) in [4.78, 5) is 27.9. The fourth-order valence-corrected chi connectivity index (χ4v) is 3.40. The number of H-pyrrole nitrogens is 1. The molecule has 4 heterocycles. The number of piperidine rings is 1. The van der Waals surface area contributed by atoms with Crippen molar-refractivity contribution < 1.29 is 4.79 Å². The van der Waals surface area contributed by atoms with Crippen molar-refractivity contribution in [3.8, 4) is 0 Å². The third kappa shape index (κ3) is 3.64. The first-order valence-electron chi connectivity index (χ1n) is 9.00. The summed E-state index contributed by atoms with van der Waals surface area (Å²) in [6.45, 7) is 3.33. The Kier molecular flexibility index (Phi) is 4.78. The highest BCUT2D eigenvalue weighted by atomic mass is 16.2. The quantitative estimate of drug-likeness (QED) is 0.739. The number of likely N-dealkylation sites (tertiary alicyclic amines) is 1. The van der Waals surface area contributed by atoms with Crippen LogP contribution in [-0.4, -0.2) is 49.0 Å². The average molecular weight is 363 g/mol. The molecule has 0 aliphatic carbocycles. The Morgan fingerprint density at radius 3 is 2.81 bits per heavy atom. The van der Waals surface area contributed by atoms with Crippen LogP contribution in [0.15, 0.2) is 43.0 Å². The van der Waals surface area contributed by atoms with E-state index in [4.69, 9.17) is 0 Å². The van der Waals surface area contributed by atoms with E-state index in [1.807, 2.05) is 24.0 Å². The normalized spacial score (nSPS) is 16.9. The summed E-state index contributed by atoms with van der Waals surface area (Å²) in [5, 5.41) is 9.93. The van der Waals surface area contributed by atoms with E-state index in [9.17, 15) is 4.79 Å². The number of amides is 1. The molecule has 1 saturated heterocycles. The monoisotopic (exact) mass is 363 g/mol. The van der Waals surface area contributed by atoms with Crippen molar-refractivity contribution in [1.29, 1.82) is 0 Å². The maximum Gasteiger partial charge on any atom is 0.271 e. The van der Waals surface area contributed by atoms with Gasteiger partial charge in [0.05, 0.1) is 5.69 Å². The molecule has 1 aliphatic heterocycles. The molecule has 1 aliphatic rings. The molecule has 3 aromatic heterocycles. The smallest absolute Gasteiger partial charge is 0.271 e. The van der Waals surface area contributed by atoms with Crippen molar-refractivity contribution in [1.82, 2.24) is 30.0 Å². The van der Waals surface area contributed by atoms with Gasteiger partial charge in [-0.15, -0.1) is 0 Å². The van der Waals surface area contributed by atoms with Gasteiger partial charge < -0.3 is 10.2 Å². The summed E-state index contributed by atoms with van der Waals surface area (Å²) >= 11 is 0. The molecule has 0 aromatic carbocycles. The van der Waals surface area contributed by atoms with Gasteiger partial charge in [0.2, 0.25) is 0 Å². The molecule has 0 saturated carbocycles. The third-order valence-electron chi connectivity index (χ3n) is 4.80. The molecule has 0 bridgehead atoms. The second kappa shape index (κ2) is 7.53. The number of anilines is 2. The van der Waals surface area contributed by atoms with Crippen LogP contribution in [0.4, 0.5) is 11.6 Å². The lowest BCUT2D eigenvalue weighted by Crippen LogP contribution is -2.39. The molecule has 3 aromatic rings. The minimum atomic E-state index is -0.0313. The largest absolute Gasteiger partial charge is 0.337 e. The van der Waals surface area contributed by atoms with Crippen molar-refractivity contribution in [3.05, 3.63) is 59.9 Å². The summed E-state index contributed by atoms with van der Waals surface area (Å²) in [5.74, 6) is 1.54. The van der Waals surface area contributed by atoms with Crippen molar-refractivity contribution in [2.24, 2.45) is 0 Å². The third-order valence-corrected chi connectivity index (χ3v) is 4.80. The van der Waals surface area contributed by atoms with Crippen LogP contribution >= 0.6 is 0 Å². The Balaban J connectivity index is 1.56. The minimum absolute atomic E-state index is 0.0313. The first kappa shape index (κ1) is 17.1. The number of aromatic nitrogens is 5. The van der Waals surface area contributed by atoms with Gasteiger partial charge in [-0.2, -0.15) is 5.10 Å². The van der Waals surface area contributed by atoms with Crippen LogP contribution < -0.4 is 5.32 Å². The number of rotatable bonds is 4. The summed E-state index contributed by atoms with van der Waals surface area (Å²) in [7, 11) is 0. The molecule has 8 nitrogen and oxygen atoms in total. The lowest BCUT2D eigenvalue weighted by molar-refractivity contribution is 0.0700. The summed E-state index contributed by atoms with van der Waals surface area (Å²) in [6.07, 6.45) is 8.58. The van der Waals surface area contributed by atoms with Crippen molar-refractivity contribution in [2.75, 3.05) is 18.4 Å². The number of carbonyl (C=O) groups is 1. The molecule has 8 heteroatoms. The zero-order chi connectivity index (χ0) is 18.6. The Hall–Kier alpha value is -3.29.